The zero-order valence-corrected chi connectivity index (χ0v) is 20.2. The van der Waals surface area contributed by atoms with Crippen LogP contribution in [0.4, 0.5) is 0 Å². The number of para-hydroxylation sites is 1. The number of thiazole rings is 1. The van der Waals surface area contributed by atoms with Gasteiger partial charge in [0.25, 0.3) is 5.91 Å². The maximum absolute atomic E-state index is 13.1. The number of amides is 1. The van der Waals surface area contributed by atoms with Crippen LogP contribution in [-0.4, -0.2) is 39.1 Å². The fourth-order valence-corrected chi connectivity index (χ4v) is 5.62. The normalized spacial score (nSPS) is 14.5. The molecule has 5 aromatic rings. The number of benzene rings is 3. The van der Waals surface area contributed by atoms with Gasteiger partial charge in [-0.1, -0.05) is 29.8 Å². The molecule has 0 saturated carbocycles. The molecule has 35 heavy (non-hydrogen) atoms. The van der Waals surface area contributed by atoms with Crippen molar-refractivity contribution in [2.75, 3.05) is 13.1 Å². The Morgan fingerprint density at radius 1 is 0.886 bits per heavy atom. The highest BCUT2D eigenvalue weighted by Crippen LogP contribution is 2.34. The smallest absolute Gasteiger partial charge is 0.253 e. The number of rotatable bonds is 4. The molecule has 3 aromatic carbocycles. The van der Waals surface area contributed by atoms with Crippen molar-refractivity contribution < 1.29 is 9.21 Å². The molecule has 1 saturated heterocycles. The SMILES string of the molecule is Cc1ccc(-c2nnc(-c3ccc(C(=O)N4CCC(c5nc6ccccc6s5)CC4)cc3)o2)cc1. The lowest BCUT2D eigenvalue weighted by atomic mass is 9.97. The van der Waals surface area contributed by atoms with Crippen molar-refractivity contribution in [1.29, 1.82) is 0 Å². The van der Waals surface area contributed by atoms with Crippen LogP contribution in [-0.2, 0) is 0 Å². The Kier molecular flexibility index (Phi) is 5.62. The number of likely N-dealkylation sites (tertiary alicyclic amines) is 1. The number of carbonyl (C=O) groups excluding carboxylic acids is 1. The molecule has 3 heterocycles. The molecule has 1 aliphatic heterocycles. The summed E-state index contributed by atoms with van der Waals surface area (Å²) in [5, 5.41) is 9.55. The van der Waals surface area contributed by atoms with Crippen molar-refractivity contribution in [1.82, 2.24) is 20.1 Å². The molecule has 0 aliphatic carbocycles. The van der Waals surface area contributed by atoms with Gasteiger partial charge in [-0.2, -0.15) is 0 Å². The van der Waals surface area contributed by atoms with E-state index >= 15 is 0 Å². The van der Waals surface area contributed by atoms with Gasteiger partial charge >= 0.3 is 0 Å². The highest BCUT2D eigenvalue weighted by molar-refractivity contribution is 7.18. The second-order valence-corrected chi connectivity index (χ2v) is 10.0. The van der Waals surface area contributed by atoms with E-state index in [2.05, 4.69) is 28.4 Å². The number of carbonyl (C=O) groups is 1. The average Bonchev–Trinajstić information content (AvgIpc) is 3.57. The monoisotopic (exact) mass is 480 g/mol. The number of aromatic nitrogens is 3. The number of piperidine rings is 1. The van der Waals surface area contributed by atoms with Crippen LogP contribution in [0, 0.1) is 6.92 Å². The van der Waals surface area contributed by atoms with Crippen molar-refractivity contribution in [2.24, 2.45) is 0 Å². The zero-order chi connectivity index (χ0) is 23.8. The summed E-state index contributed by atoms with van der Waals surface area (Å²) in [5.74, 6) is 1.40. The minimum absolute atomic E-state index is 0.0603. The van der Waals surface area contributed by atoms with Crippen LogP contribution in [0.2, 0.25) is 0 Å². The van der Waals surface area contributed by atoms with Crippen molar-refractivity contribution in [3.8, 4) is 22.9 Å². The largest absolute Gasteiger partial charge is 0.416 e. The summed E-state index contributed by atoms with van der Waals surface area (Å²) in [7, 11) is 0. The van der Waals surface area contributed by atoms with E-state index in [-0.39, 0.29) is 5.91 Å². The first-order valence-corrected chi connectivity index (χ1v) is 12.6. The first kappa shape index (κ1) is 21.7. The first-order valence-electron chi connectivity index (χ1n) is 11.8. The first-order chi connectivity index (χ1) is 17.1. The molecule has 0 unspecified atom stereocenters. The molecule has 1 aliphatic rings. The summed E-state index contributed by atoms with van der Waals surface area (Å²) in [6.45, 7) is 3.52. The Balaban J connectivity index is 1.11. The molecule has 1 amide bonds. The molecule has 0 bridgehead atoms. The van der Waals surface area contributed by atoms with Crippen LogP contribution < -0.4 is 0 Å². The third-order valence-electron chi connectivity index (χ3n) is 6.54. The Hall–Kier alpha value is -3.84. The summed E-state index contributed by atoms with van der Waals surface area (Å²) in [6.07, 6.45) is 1.88. The lowest BCUT2D eigenvalue weighted by Crippen LogP contribution is -2.37. The average molecular weight is 481 g/mol. The molecule has 0 spiro atoms. The molecule has 2 aromatic heterocycles. The maximum Gasteiger partial charge on any atom is 0.253 e. The molecule has 0 atom stereocenters. The maximum atomic E-state index is 13.1. The van der Waals surface area contributed by atoms with Gasteiger partial charge in [0.05, 0.1) is 15.2 Å². The van der Waals surface area contributed by atoms with E-state index in [1.807, 2.05) is 66.4 Å². The van der Waals surface area contributed by atoms with Gasteiger partial charge in [-0.3, -0.25) is 4.79 Å². The van der Waals surface area contributed by atoms with Gasteiger partial charge in [-0.05, 0) is 68.3 Å². The lowest BCUT2D eigenvalue weighted by molar-refractivity contribution is 0.0713. The van der Waals surface area contributed by atoms with Crippen LogP contribution in [0.5, 0.6) is 0 Å². The van der Waals surface area contributed by atoms with Crippen LogP contribution in [0.1, 0.15) is 39.7 Å². The molecule has 174 valence electrons. The Labute approximate surface area is 207 Å². The molecule has 0 radical (unpaired) electrons. The van der Waals surface area contributed by atoms with E-state index in [9.17, 15) is 4.79 Å². The highest BCUT2D eigenvalue weighted by atomic mass is 32.1. The topological polar surface area (TPSA) is 72.1 Å². The van der Waals surface area contributed by atoms with E-state index in [0.717, 1.165) is 42.6 Å². The van der Waals surface area contributed by atoms with Gasteiger partial charge in [-0.15, -0.1) is 21.5 Å². The quantitative estimate of drug-likeness (QED) is 0.300. The predicted molar refractivity (Wildman–Crippen MR) is 137 cm³/mol. The molecular formula is C28H24N4O2S. The summed E-state index contributed by atoms with van der Waals surface area (Å²) in [4.78, 5) is 19.9. The van der Waals surface area contributed by atoms with E-state index in [1.54, 1.807) is 11.3 Å². The molecule has 1 fully saturated rings. The second-order valence-electron chi connectivity index (χ2n) is 8.94. The summed E-state index contributed by atoms with van der Waals surface area (Å²) < 4.78 is 7.10. The Morgan fingerprint density at radius 3 is 2.17 bits per heavy atom. The lowest BCUT2D eigenvalue weighted by Gasteiger charge is -2.31. The summed E-state index contributed by atoms with van der Waals surface area (Å²) in [5.41, 5.74) is 4.59. The third kappa shape index (κ3) is 4.35. The van der Waals surface area contributed by atoms with Crippen LogP contribution >= 0.6 is 11.3 Å². The van der Waals surface area contributed by atoms with Gasteiger partial charge in [0.1, 0.15) is 0 Å². The number of hydrogen-bond donors (Lipinski definition) is 0. The van der Waals surface area contributed by atoms with Gasteiger partial charge in [0, 0.05) is 35.7 Å². The van der Waals surface area contributed by atoms with E-state index in [1.165, 1.54) is 15.3 Å². The Morgan fingerprint density at radius 2 is 1.51 bits per heavy atom. The number of aryl methyl sites for hydroxylation is 1. The number of fused-ring (bicyclic) bond motifs is 1. The van der Waals surface area contributed by atoms with E-state index in [4.69, 9.17) is 9.40 Å². The highest BCUT2D eigenvalue weighted by Gasteiger charge is 2.26. The standard InChI is InChI=1S/C28H24N4O2S/c1-18-6-8-19(9-7-18)25-30-31-26(34-25)20-10-12-22(13-11-20)28(33)32-16-14-21(15-17-32)27-29-23-4-2-3-5-24(23)35-27/h2-13,21H,14-17H2,1H3. The van der Waals surface area contributed by atoms with Crippen LogP contribution in [0.15, 0.2) is 77.2 Å². The molecule has 6 nitrogen and oxygen atoms in total. The van der Waals surface area contributed by atoms with Gasteiger partial charge in [-0.25, -0.2) is 4.98 Å². The van der Waals surface area contributed by atoms with Crippen molar-refractivity contribution in [3.05, 3.63) is 88.9 Å². The van der Waals surface area contributed by atoms with Crippen molar-refractivity contribution >= 4 is 27.5 Å². The molecule has 6 rings (SSSR count). The van der Waals surface area contributed by atoms with Crippen LogP contribution in [0.3, 0.4) is 0 Å². The summed E-state index contributed by atoms with van der Waals surface area (Å²) >= 11 is 1.78. The van der Waals surface area contributed by atoms with Crippen molar-refractivity contribution in [2.45, 2.75) is 25.7 Å². The van der Waals surface area contributed by atoms with E-state index in [0.29, 0.717) is 23.3 Å². The summed E-state index contributed by atoms with van der Waals surface area (Å²) in [6, 6.07) is 23.6. The Bertz CT molecular complexity index is 1450. The van der Waals surface area contributed by atoms with Gasteiger partial charge in [0.2, 0.25) is 11.8 Å². The zero-order valence-electron chi connectivity index (χ0n) is 19.3. The third-order valence-corrected chi connectivity index (χ3v) is 7.74. The fraction of sp³-hybridized carbons (Fsp3) is 0.214. The van der Waals surface area contributed by atoms with Crippen molar-refractivity contribution in [3.63, 3.8) is 0 Å². The minimum Gasteiger partial charge on any atom is -0.416 e. The van der Waals surface area contributed by atoms with E-state index < -0.39 is 0 Å². The predicted octanol–water partition coefficient (Wildman–Crippen LogP) is 6.34. The minimum atomic E-state index is 0.0603. The van der Waals surface area contributed by atoms with Crippen LogP contribution in [0.25, 0.3) is 33.1 Å². The molecule has 7 heteroatoms. The van der Waals surface area contributed by atoms with Gasteiger partial charge < -0.3 is 9.32 Å². The number of hydrogen-bond acceptors (Lipinski definition) is 6. The van der Waals surface area contributed by atoms with Gasteiger partial charge in [0.15, 0.2) is 0 Å². The number of nitrogens with zero attached hydrogens (tertiary/aromatic N) is 4. The molecular weight excluding hydrogens is 456 g/mol. The second kappa shape index (κ2) is 9.07. The molecule has 0 N–H and O–H groups in total. The fourth-order valence-electron chi connectivity index (χ4n) is 4.48.